The maximum absolute atomic E-state index is 11.7. The standard InChI is InChI=1S/C16H18N6O2S/c1-25(23,24)21-15-10-22(8-12-4-2-11(6-17)3-5-12)9-14-13(15)7-19-16(18)20-14/h2-5,7,15,21H,8-10H2,1H3,(H2,18,19,20)/t15-/m1/s1. The van der Waals surface area contributed by atoms with Crippen LogP contribution in [0.15, 0.2) is 30.5 Å². The lowest BCUT2D eigenvalue weighted by molar-refractivity contribution is 0.213. The molecule has 0 saturated carbocycles. The molecular formula is C16H18N6O2S. The third-order valence-corrected chi connectivity index (χ3v) is 4.67. The number of aromatic nitrogens is 2. The monoisotopic (exact) mass is 358 g/mol. The zero-order valence-corrected chi connectivity index (χ0v) is 14.5. The molecule has 0 saturated heterocycles. The highest BCUT2D eigenvalue weighted by Crippen LogP contribution is 2.27. The van der Waals surface area contributed by atoms with Gasteiger partial charge in [0.15, 0.2) is 0 Å². The van der Waals surface area contributed by atoms with Crippen LogP contribution in [0.1, 0.15) is 28.4 Å². The van der Waals surface area contributed by atoms with Crippen molar-refractivity contribution in [2.75, 3.05) is 18.5 Å². The topological polar surface area (TPSA) is 125 Å². The molecule has 3 N–H and O–H groups in total. The normalized spacial score (nSPS) is 17.7. The molecule has 1 aliphatic heterocycles. The van der Waals surface area contributed by atoms with E-state index in [0.717, 1.165) is 17.4 Å². The zero-order chi connectivity index (χ0) is 18.0. The van der Waals surface area contributed by atoms with Crippen LogP contribution < -0.4 is 10.5 Å². The van der Waals surface area contributed by atoms with Crippen molar-refractivity contribution >= 4 is 16.0 Å². The summed E-state index contributed by atoms with van der Waals surface area (Å²) in [5, 5.41) is 8.88. The number of fused-ring (bicyclic) bond motifs is 1. The molecule has 1 aliphatic rings. The van der Waals surface area contributed by atoms with Gasteiger partial charge in [0.25, 0.3) is 0 Å². The molecule has 0 unspecified atom stereocenters. The van der Waals surface area contributed by atoms with Crippen molar-refractivity contribution in [1.82, 2.24) is 19.6 Å². The Morgan fingerprint density at radius 2 is 2.12 bits per heavy atom. The number of nitrogens with zero attached hydrogens (tertiary/aromatic N) is 4. The molecule has 9 heteroatoms. The van der Waals surface area contributed by atoms with Crippen LogP contribution in [-0.4, -0.2) is 36.1 Å². The van der Waals surface area contributed by atoms with Crippen molar-refractivity contribution in [2.45, 2.75) is 19.1 Å². The van der Waals surface area contributed by atoms with Crippen LogP contribution in [0.3, 0.4) is 0 Å². The van der Waals surface area contributed by atoms with E-state index in [1.807, 2.05) is 12.1 Å². The van der Waals surface area contributed by atoms with E-state index >= 15 is 0 Å². The molecule has 8 nitrogen and oxygen atoms in total. The van der Waals surface area contributed by atoms with Gasteiger partial charge in [0.1, 0.15) is 0 Å². The summed E-state index contributed by atoms with van der Waals surface area (Å²) in [6, 6.07) is 8.96. The Hall–Kier alpha value is -2.54. The van der Waals surface area contributed by atoms with Crippen LogP contribution in [0, 0.1) is 11.3 Å². The first-order valence-electron chi connectivity index (χ1n) is 7.64. The average Bonchev–Trinajstić information content (AvgIpc) is 2.53. The summed E-state index contributed by atoms with van der Waals surface area (Å²) in [5.41, 5.74) is 8.77. The number of nitriles is 1. The largest absolute Gasteiger partial charge is 0.368 e. The van der Waals surface area contributed by atoms with Crippen LogP contribution in [0.2, 0.25) is 0 Å². The second-order valence-electron chi connectivity index (χ2n) is 6.05. The molecule has 0 aliphatic carbocycles. The Morgan fingerprint density at radius 3 is 2.76 bits per heavy atom. The molecule has 130 valence electrons. The number of hydrogen-bond acceptors (Lipinski definition) is 7. The Bertz CT molecular complexity index is 921. The van der Waals surface area contributed by atoms with Crippen molar-refractivity contribution in [3.8, 4) is 6.07 Å². The summed E-state index contributed by atoms with van der Waals surface area (Å²) in [4.78, 5) is 10.3. The highest BCUT2D eigenvalue weighted by molar-refractivity contribution is 7.88. The summed E-state index contributed by atoms with van der Waals surface area (Å²) in [6.45, 7) is 1.65. The predicted molar refractivity (Wildman–Crippen MR) is 92.4 cm³/mol. The van der Waals surface area contributed by atoms with E-state index in [0.29, 0.717) is 30.9 Å². The van der Waals surface area contributed by atoms with Crippen LogP contribution in [0.4, 0.5) is 5.95 Å². The quantitative estimate of drug-likeness (QED) is 0.817. The fraction of sp³-hybridized carbons (Fsp3) is 0.312. The highest BCUT2D eigenvalue weighted by atomic mass is 32.2. The first-order chi connectivity index (χ1) is 11.8. The van der Waals surface area contributed by atoms with Crippen molar-refractivity contribution in [2.24, 2.45) is 0 Å². The van der Waals surface area contributed by atoms with Crippen LogP contribution in [0.25, 0.3) is 0 Å². The number of benzene rings is 1. The van der Waals surface area contributed by atoms with Gasteiger partial charge in [0.05, 0.1) is 29.6 Å². The fourth-order valence-corrected chi connectivity index (χ4v) is 3.63. The molecule has 2 aromatic rings. The van der Waals surface area contributed by atoms with Crippen LogP contribution in [-0.2, 0) is 23.1 Å². The molecule has 1 aromatic carbocycles. The fourth-order valence-electron chi connectivity index (χ4n) is 2.92. The van der Waals surface area contributed by atoms with E-state index in [-0.39, 0.29) is 5.95 Å². The van der Waals surface area contributed by atoms with Gasteiger partial charge in [0, 0.05) is 31.4 Å². The number of anilines is 1. The number of nitrogens with one attached hydrogen (secondary N) is 1. The molecular weight excluding hydrogens is 340 g/mol. The van der Waals surface area contributed by atoms with Crippen molar-refractivity contribution in [3.63, 3.8) is 0 Å². The third kappa shape index (κ3) is 4.30. The lowest BCUT2D eigenvalue weighted by atomic mass is 10.0. The van der Waals surface area contributed by atoms with E-state index in [1.54, 1.807) is 18.3 Å². The molecule has 0 fully saturated rings. The molecule has 0 amide bonds. The summed E-state index contributed by atoms with van der Waals surface area (Å²) in [5.74, 6) is 0.164. The molecule has 1 aromatic heterocycles. The van der Waals surface area contributed by atoms with Crippen molar-refractivity contribution in [1.29, 1.82) is 5.26 Å². The molecule has 1 atom stereocenters. The Morgan fingerprint density at radius 1 is 1.40 bits per heavy atom. The lowest BCUT2D eigenvalue weighted by Crippen LogP contribution is -2.41. The molecule has 0 spiro atoms. The van der Waals surface area contributed by atoms with Gasteiger partial charge in [-0.2, -0.15) is 5.26 Å². The second-order valence-corrected chi connectivity index (χ2v) is 7.83. The van der Waals surface area contributed by atoms with Gasteiger partial charge in [-0.15, -0.1) is 0 Å². The van der Waals surface area contributed by atoms with Gasteiger partial charge in [0.2, 0.25) is 16.0 Å². The van der Waals surface area contributed by atoms with E-state index in [4.69, 9.17) is 11.0 Å². The number of nitrogen functional groups attached to an aromatic ring is 1. The summed E-state index contributed by atoms with van der Waals surface area (Å²) in [6.07, 6.45) is 2.71. The SMILES string of the molecule is CS(=O)(=O)N[C@@H]1CN(Cc2ccc(C#N)cc2)Cc2nc(N)ncc21. The molecule has 0 radical (unpaired) electrons. The Labute approximate surface area is 146 Å². The van der Waals surface area contributed by atoms with Crippen LogP contribution in [0.5, 0.6) is 0 Å². The lowest BCUT2D eigenvalue weighted by Gasteiger charge is -2.33. The van der Waals surface area contributed by atoms with Gasteiger partial charge in [-0.1, -0.05) is 12.1 Å². The first-order valence-corrected chi connectivity index (χ1v) is 9.53. The van der Waals surface area contributed by atoms with E-state index in [9.17, 15) is 8.42 Å². The number of rotatable bonds is 4. The third-order valence-electron chi connectivity index (χ3n) is 3.95. The smallest absolute Gasteiger partial charge is 0.220 e. The van der Waals surface area contributed by atoms with Crippen LogP contribution >= 0.6 is 0 Å². The minimum atomic E-state index is -3.38. The van der Waals surface area contributed by atoms with Gasteiger partial charge in [-0.3, -0.25) is 4.90 Å². The number of nitrogens with two attached hydrogens (primary N) is 1. The molecule has 3 rings (SSSR count). The van der Waals surface area contributed by atoms with Crippen molar-refractivity contribution in [3.05, 3.63) is 52.8 Å². The minimum Gasteiger partial charge on any atom is -0.368 e. The van der Waals surface area contributed by atoms with Gasteiger partial charge in [-0.25, -0.2) is 23.1 Å². The number of hydrogen-bond donors (Lipinski definition) is 2. The van der Waals surface area contributed by atoms with Gasteiger partial charge in [-0.05, 0) is 17.7 Å². The predicted octanol–water partition coefficient (Wildman–Crippen LogP) is 0.537. The van der Waals surface area contributed by atoms with E-state index < -0.39 is 16.1 Å². The summed E-state index contributed by atoms with van der Waals surface area (Å²) >= 11 is 0. The Balaban J connectivity index is 1.85. The Kier molecular flexibility index (Phi) is 4.67. The molecule has 25 heavy (non-hydrogen) atoms. The van der Waals surface area contributed by atoms with E-state index in [2.05, 4.69) is 25.7 Å². The maximum Gasteiger partial charge on any atom is 0.220 e. The van der Waals surface area contributed by atoms with Crippen molar-refractivity contribution < 1.29 is 8.42 Å². The second kappa shape index (κ2) is 6.76. The maximum atomic E-state index is 11.7. The molecule has 2 heterocycles. The number of sulfonamides is 1. The highest BCUT2D eigenvalue weighted by Gasteiger charge is 2.29. The van der Waals surface area contributed by atoms with E-state index in [1.165, 1.54) is 0 Å². The first kappa shape index (κ1) is 17.3. The summed E-state index contributed by atoms with van der Waals surface area (Å²) in [7, 11) is -3.38. The average molecular weight is 358 g/mol. The van der Waals surface area contributed by atoms with Gasteiger partial charge >= 0.3 is 0 Å². The van der Waals surface area contributed by atoms with Gasteiger partial charge < -0.3 is 5.73 Å². The molecule has 0 bridgehead atoms. The summed E-state index contributed by atoms with van der Waals surface area (Å²) < 4.78 is 26.0. The zero-order valence-electron chi connectivity index (χ0n) is 13.7. The minimum absolute atomic E-state index is 0.164.